The summed E-state index contributed by atoms with van der Waals surface area (Å²) in [6, 6.07) is 3.58. The summed E-state index contributed by atoms with van der Waals surface area (Å²) in [6.07, 6.45) is 1.42. The SMILES string of the molecule is Cc1cc(C)n(CC(C)CNc2ncc(C(N)=O)cc2Cl)n1. The smallest absolute Gasteiger partial charge is 0.250 e. The van der Waals surface area contributed by atoms with Gasteiger partial charge in [-0.05, 0) is 31.9 Å². The zero-order chi connectivity index (χ0) is 16.3. The number of hydrogen-bond acceptors (Lipinski definition) is 4. The van der Waals surface area contributed by atoms with E-state index in [1.54, 1.807) is 0 Å². The Kier molecular flexibility index (Phi) is 5.03. The molecule has 0 saturated heterocycles. The first-order valence-electron chi connectivity index (χ1n) is 7.07. The van der Waals surface area contributed by atoms with Crippen molar-refractivity contribution >= 4 is 23.3 Å². The van der Waals surface area contributed by atoms with E-state index in [0.717, 1.165) is 17.9 Å². The van der Waals surface area contributed by atoms with Crippen molar-refractivity contribution in [2.75, 3.05) is 11.9 Å². The number of carbonyl (C=O) groups excluding carboxylic acids is 1. The number of amides is 1. The lowest BCUT2D eigenvalue weighted by Gasteiger charge is -2.15. The van der Waals surface area contributed by atoms with Crippen LogP contribution in [-0.2, 0) is 6.54 Å². The zero-order valence-corrected chi connectivity index (χ0v) is 13.7. The fourth-order valence-electron chi connectivity index (χ4n) is 2.19. The molecule has 2 aromatic rings. The van der Waals surface area contributed by atoms with Gasteiger partial charge in [0.15, 0.2) is 0 Å². The van der Waals surface area contributed by atoms with Crippen molar-refractivity contribution in [2.24, 2.45) is 11.7 Å². The van der Waals surface area contributed by atoms with Crippen molar-refractivity contribution in [1.82, 2.24) is 14.8 Å². The molecule has 0 aliphatic carbocycles. The summed E-state index contributed by atoms with van der Waals surface area (Å²) in [7, 11) is 0. The van der Waals surface area contributed by atoms with Crippen molar-refractivity contribution < 1.29 is 4.79 Å². The van der Waals surface area contributed by atoms with Gasteiger partial charge in [0.25, 0.3) is 0 Å². The maximum Gasteiger partial charge on any atom is 0.250 e. The van der Waals surface area contributed by atoms with E-state index in [1.165, 1.54) is 12.3 Å². The lowest BCUT2D eigenvalue weighted by molar-refractivity contribution is 0.1000. The second kappa shape index (κ2) is 6.79. The molecule has 0 saturated carbocycles. The molecule has 2 rings (SSSR count). The number of aryl methyl sites for hydroxylation is 2. The van der Waals surface area contributed by atoms with Gasteiger partial charge in [-0.3, -0.25) is 9.48 Å². The summed E-state index contributed by atoms with van der Waals surface area (Å²) in [5.74, 6) is 0.345. The number of rotatable bonds is 6. The van der Waals surface area contributed by atoms with Crippen LogP contribution in [0, 0.1) is 19.8 Å². The number of hydrogen-bond donors (Lipinski definition) is 2. The van der Waals surface area contributed by atoms with Crippen LogP contribution in [0.25, 0.3) is 0 Å². The van der Waals surface area contributed by atoms with E-state index in [-0.39, 0.29) is 0 Å². The highest BCUT2D eigenvalue weighted by Crippen LogP contribution is 2.20. The van der Waals surface area contributed by atoms with Crippen LogP contribution in [0.5, 0.6) is 0 Å². The van der Waals surface area contributed by atoms with Crippen molar-refractivity contribution in [3.8, 4) is 0 Å². The predicted octanol–water partition coefficient (Wildman–Crippen LogP) is 2.40. The Balaban J connectivity index is 1.95. The summed E-state index contributed by atoms with van der Waals surface area (Å²) in [4.78, 5) is 15.2. The van der Waals surface area contributed by atoms with E-state index in [0.29, 0.717) is 28.9 Å². The molecular formula is C15H20ClN5O. The van der Waals surface area contributed by atoms with Crippen molar-refractivity contribution in [1.29, 1.82) is 0 Å². The molecule has 0 aromatic carbocycles. The zero-order valence-electron chi connectivity index (χ0n) is 12.9. The molecule has 0 fully saturated rings. The van der Waals surface area contributed by atoms with E-state index in [4.69, 9.17) is 17.3 Å². The minimum Gasteiger partial charge on any atom is -0.369 e. The Bertz CT molecular complexity index is 683. The maximum absolute atomic E-state index is 11.1. The van der Waals surface area contributed by atoms with Gasteiger partial charge in [-0.2, -0.15) is 5.10 Å². The third-order valence-corrected chi connectivity index (χ3v) is 3.62. The molecule has 2 aromatic heterocycles. The van der Waals surface area contributed by atoms with Gasteiger partial charge in [0.1, 0.15) is 5.82 Å². The van der Waals surface area contributed by atoms with Gasteiger partial charge >= 0.3 is 0 Å². The van der Waals surface area contributed by atoms with Gasteiger partial charge in [0.2, 0.25) is 5.91 Å². The normalized spacial score (nSPS) is 12.2. The molecule has 3 N–H and O–H groups in total. The average molecular weight is 322 g/mol. The van der Waals surface area contributed by atoms with Gasteiger partial charge in [0, 0.05) is 25.0 Å². The fourth-order valence-corrected chi connectivity index (χ4v) is 2.43. The number of halogens is 1. The molecule has 118 valence electrons. The lowest BCUT2D eigenvalue weighted by Crippen LogP contribution is -2.19. The molecule has 1 atom stereocenters. The van der Waals surface area contributed by atoms with Crippen LogP contribution >= 0.6 is 11.6 Å². The van der Waals surface area contributed by atoms with Crippen LogP contribution in [-0.4, -0.2) is 27.2 Å². The van der Waals surface area contributed by atoms with E-state index >= 15 is 0 Å². The molecule has 0 radical (unpaired) electrons. The molecule has 0 aliphatic rings. The second-order valence-corrected chi connectivity index (χ2v) is 5.92. The Morgan fingerprint density at radius 3 is 2.73 bits per heavy atom. The number of primary amides is 1. The first kappa shape index (κ1) is 16.3. The number of anilines is 1. The summed E-state index contributed by atoms with van der Waals surface area (Å²) < 4.78 is 1.99. The molecule has 2 heterocycles. The molecule has 0 bridgehead atoms. The highest BCUT2D eigenvalue weighted by molar-refractivity contribution is 6.33. The largest absolute Gasteiger partial charge is 0.369 e. The van der Waals surface area contributed by atoms with Crippen LogP contribution in [0.4, 0.5) is 5.82 Å². The highest BCUT2D eigenvalue weighted by atomic mass is 35.5. The summed E-state index contributed by atoms with van der Waals surface area (Å²) in [6.45, 7) is 7.65. The van der Waals surface area contributed by atoms with Gasteiger partial charge in [-0.15, -0.1) is 0 Å². The van der Waals surface area contributed by atoms with E-state index < -0.39 is 5.91 Å². The standard InChI is InChI=1S/C15H20ClN5O/c1-9(8-21-11(3)4-10(2)20-21)6-18-15-13(16)5-12(7-19-15)14(17)22/h4-5,7,9H,6,8H2,1-3H3,(H2,17,22)(H,18,19). The predicted molar refractivity (Wildman–Crippen MR) is 87.1 cm³/mol. The highest BCUT2D eigenvalue weighted by Gasteiger charge is 2.10. The lowest BCUT2D eigenvalue weighted by atomic mass is 10.2. The van der Waals surface area contributed by atoms with E-state index in [1.807, 2.05) is 18.5 Å². The molecule has 6 nitrogen and oxygen atoms in total. The van der Waals surface area contributed by atoms with E-state index in [2.05, 4.69) is 28.4 Å². The second-order valence-electron chi connectivity index (χ2n) is 5.51. The van der Waals surface area contributed by atoms with Gasteiger partial charge < -0.3 is 11.1 Å². The van der Waals surface area contributed by atoms with Crippen LogP contribution < -0.4 is 11.1 Å². The molecule has 1 unspecified atom stereocenters. The molecule has 1 amide bonds. The van der Waals surface area contributed by atoms with E-state index in [9.17, 15) is 4.79 Å². The third-order valence-electron chi connectivity index (χ3n) is 3.33. The first-order chi connectivity index (χ1) is 10.4. The molecule has 0 spiro atoms. The van der Waals surface area contributed by atoms with Crippen LogP contribution in [0.3, 0.4) is 0 Å². The summed E-state index contributed by atoms with van der Waals surface area (Å²) in [5.41, 5.74) is 7.65. The molecule has 22 heavy (non-hydrogen) atoms. The average Bonchev–Trinajstić information content (AvgIpc) is 2.75. The number of nitrogens with one attached hydrogen (secondary N) is 1. The Hall–Kier alpha value is -2.08. The van der Waals surface area contributed by atoms with Gasteiger partial charge in [0.05, 0.1) is 16.3 Å². The summed E-state index contributed by atoms with van der Waals surface area (Å²) >= 11 is 6.10. The number of nitrogens with zero attached hydrogens (tertiary/aromatic N) is 3. The minimum atomic E-state index is -0.543. The fraction of sp³-hybridized carbons (Fsp3) is 0.400. The van der Waals surface area contributed by atoms with Crippen molar-refractivity contribution in [3.63, 3.8) is 0 Å². The van der Waals surface area contributed by atoms with Crippen LogP contribution in [0.1, 0.15) is 28.7 Å². The third kappa shape index (κ3) is 3.98. The Morgan fingerprint density at radius 1 is 1.45 bits per heavy atom. The number of pyridine rings is 1. The first-order valence-corrected chi connectivity index (χ1v) is 7.45. The molecule has 0 aliphatic heterocycles. The maximum atomic E-state index is 11.1. The Morgan fingerprint density at radius 2 is 2.18 bits per heavy atom. The monoisotopic (exact) mass is 321 g/mol. The minimum absolute atomic E-state index is 0.297. The number of nitrogens with two attached hydrogens (primary N) is 1. The summed E-state index contributed by atoms with van der Waals surface area (Å²) in [5, 5.41) is 8.02. The Labute approximate surface area is 134 Å². The van der Waals surface area contributed by atoms with Crippen LogP contribution in [0.15, 0.2) is 18.3 Å². The quantitative estimate of drug-likeness (QED) is 0.855. The van der Waals surface area contributed by atoms with Gasteiger partial charge in [-0.1, -0.05) is 18.5 Å². The molecular weight excluding hydrogens is 302 g/mol. The van der Waals surface area contributed by atoms with Crippen molar-refractivity contribution in [2.45, 2.75) is 27.3 Å². The number of aromatic nitrogens is 3. The molecule has 7 heteroatoms. The number of carbonyl (C=O) groups is 1. The van der Waals surface area contributed by atoms with Gasteiger partial charge in [-0.25, -0.2) is 4.98 Å². The van der Waals surface area contributed by atoms with Crippen molar-refractivity contribution in [3.05, 3.63) is 40.3 Å². The van der Waals surface area contributed by atoms with Crippen LogP contribution in [0.2, 0.25) is 5.02 Å². The topological polar surface area (TPSA) is 85.8 Å².